The molecule has 0 fully saturated rings. The lowest BCUT2D eigenvalue weighted by Crippen LogP contribution is -2.26. The van der Waals surface area contributed by atoms with E-state index in [9.17, 15) is 0 Å². The summed E-state index contributed by atoms with van der Waals surface area (Å²) in [6.07, 6.45) is 0. The summed E-state index contributed by atoms with van der Waals surface area (Å²) in [5.74, 6) is 0. The van der Waals surface area contributed by atoms with Gasteiger partial charge in [0.25, 0.3) is 0 Å². The third-order valence-electron chi connectivity index (χ3n) is 0.786. The summed E-state index contributed by atoms with van der Waals surface area (Å²) < 4.78 is 0. The number of hydrogen-bond acceptors (Lipinski definition) is 0. The van der Waals surface area contributed by atoms with Gasteiger partial charge in [0.2, 0.25) is 0 Å². The van der Waals surface area contributed by atoms with Crippen molar-refractivity contribution in [3.63, 3.8) is 0 Å². The van der Waals surface area contributed by atoms with Crippen molar-refractivity contribution >= 4 is 69.6 Å². The molecule has 0 aliphatic rings. The fraction of sp³-hybridized carbons (Fsp3) is 1.00. The summed E-state index contributed by atoms with van der Waals surface area (Å²) in [5.41, 5.74) is 0. The predicted octanol–water partition coefficient (Wildman–Crippen LogP) is 3.81. The first-order chi connectivity index (χ1) is 4.46. The number of halogens is 6. The molecule has 0 aliphatic carbocycles. The van der Waals surface area contributed by atoms with E-state index < -0.39 is 20.4 Å². The third-order valence-corrected chi connectivity index (χ3v) is 3.56. The summed E-state index contributed by atoms with van der Waals surface area (Å²) in [7, 11) is 0. The van der Waals surface area contributed by atoms with Crippen LogP contribution in [0.1, 0.15) is 0 Å². The van der Waals surface area contributed by atoms with Gasteiger partial charge in [-0.3, -0.25) is 0 Å². The molecule has 62 valence electrons. The van der Waals surface area contributed by atoms with Gasteiger partial charge in [0.05, 0.1) is 10.8 Å². The summed E-state index contributed by atoms with van der Waals surface area (Å²) in [6, 6.07) is 0. The first kappa shape index (κ1) is 11.7. The maximum Gasteiger partial charge on any atom is 0.125 e. The minimum Gasteiger partial charge on any atom is -0.118 e. The summed E-state index contributed by atoms with van der Waals surface area (Å²) in [4.78, 5) is -1.52. The van der Waals surface area contributed by atoms with Crippen molar-refractivity contribution in [3.8, 4) is 0 Å². The molecule has 0 bridgehead atoms. The average Bonchev–Trinajstić information content (AvgIpc) is 1.84. The van der Waals surface area contributed by atoms with E-state index in [1.54, 1.807) is 0 Å². The predicted molar refractivity (Wildman–Crippen MR) is 50.3 cm³/mol. The SMILES string of the molecule is ClC(Cl)[C@@H](Cl)[C@@H](Cl)C(Cl)Cl. The molecule has 10 heavy (non-hydrogen) atoms. The van der Waals surface area contributed by atoms with Crippen LogP contribution in [0.15, 0.2) is 0 Å². The monoisotopic (exact) mass is 262 g/mol. The topological polar surface area (TPSA) is 0 Å². The highest BCUT2D eigenvalue weighted by atomic mass is 35.5. The van der Waals surface area contributed by atoms with Crippen molar-refractivity contribution in [2.24, 2.45) is 0 Å². The Labute approximate surface area is 89.7 Å². The fourth-order valence-corrected chi connectivity index (χ4v) is 1.49. The van der Waals surface area contributed by atoms with Crippen molar-refractivity contribution in [1.82, 2.24) is 0 Å². The fourth-order valence-electron chi connectivity index (χ4n) is 0.278. The minimum absolute atomic E-state index is 0.634. The van der Waals surface area contributed by atoms with Crippen molar-refractivity contribution in [2.75, 3.05) is 0 Å². The van der Waals surface area contributed by atoms with Crippen LogP contribution in [0.3, 0.4) is 0 Å². The Balaban J connectivity index is 3.81. The molecule has 0 saturated heterocycles. The lowest BCUT2D eigenvalue weighted by atomic mass is 10.3. The Morgan fingerprint density at radius 3 is 0.800 bits per heavy atom. The highest BCUT2D eigenvalue weighted by molar-refractivity contribution is 6.53. The first-order valence-electron chi connectivity index (χ1n) is 2.31. The molecule has 2 atom stereocenters. The van der Waals surface area contributed by atoms with Gasteiger partial charge in [0.1, 0.15) is 9.67 Å². The molecule has 0 aromatic rings. The number of hydrogen-bond donors (Lipinski definition) is 0. The Bertz CT molecular complexity index is 79.7. The van der Waals surface area contributed by atoms with Crippen LogP contribution in [0.2, 0.25) is 0 Å². The number of rotatable bonds is 3. The molecule has 0 nitrogen and oxygen atoms in total. The average molecular weight is 265 g/mol. The van der Waals surface area contributed by atoms with Crippen LogP contribution in [-0.2, 0) is 0 Å². The molecule has 0 aromatic heterocycles. The van der Waals surface area contributed by atoms with Crippen LogP contribution in [0.4, 0.5) is 0 Å². The second-order valence-corrected chi connectivity index (χ2v) is 4.89. The maximum absolute atomic E-state index is 5.60. The van der Waals surface area contributed by atoms with Gasteiger partial charge in [-0.15, -0.1) is 69.6 Å². The third kappa shape index (κ3) is 3.94. The van der Waals surface area contributed by atoms with Crippen LogP contribution in [-0.4, -0.2) is 20.4 Å². The second-order valence-electron chi connectivity index (χ2n) is 1.56. The molecule has 0 radical (unpaired) electrons. The van der Waals surface area contributed by atoms with Crippen LogP contribution >= 0.6 is 69.6 Å². The maximum atomic E-state index is 5.60. The van der Waals surface area contributed by atoms with Crippen LogP contribution in [0.5, 0.6) is 0 Å². The standard InChI is InChI=1S/C4H4Cl6/c5-1(3(7)8)2(6)4(9)10/h1-4H/t1-,2+. The lowest BCUT2D eigenvalue weighted by Gasteiger charge is -2.16. The zero-order valence-electron chi connectivity index (χ0n) is 4.58. The molecule has 0 unspecified atom stereocenters. The normalized spacial score (nSPS) is 18.0. The van der Waals surface area contributed by atoms with Gasteiger partial charge in [-0.2, -0.15) is 0 Å². The van der Waals surface area contributed by atoms with E-state index in [0.717, 1.165) is 0 Å². The molecule has 0 N–H and O–H groups in total. The Morgan fingerprint density at radius 1 is 0.500 bits per heavy atom. The van der Waals surface area contributed by atoms with E-state index in [2.05, 4.69) is 0 Å². The van der Waals surface area contributed by atoms with E-state index in [1.807, 2.05) is 0 Å². The van der Waals surface area contributed by atoms with Gasteiger partial charge < -0.3 is 0 Å². The van der Waals surface area contributed by atoms with Crippen molar-refractivity contribution in [1.29, 1.82) is 0 Å². The zero-order valence-corrected chi connectivity index (χ0v) is 9.11. The van der Waals surface area contributed by atoms with E-state index in [0.29, 0.717) is 0 Å². The van der Waals surface area contributed by atoms with Gasteiger partial charge in [-0.1, -0.05) is 0 Å². The van der Waals surface area contributed by atoms with Gasteiger partial charge in [-0.05, 0) is 0 Å². The smallest absolute Gasteiger partial charge is 0.118 e. The quantitative estimate of drug-likeness (QED) is 0.680. The summed E-state index contributed by atoms with van der Waals surface area (Å²) in [6.45, 7) is 0. The summed E-state index contributed by atoms with van der Waals surface area (Å²) >= 11 is 32.8. The van der Waals surface area contributed by atoms with E-state index >= 15 is 0 Å². The Kier molecular flexibility index (Phi) is 6.34. The van der Waals surface area contributed by atoms with Gasteiger partial charge >= 0.3 is 0 Å². The molecule has 0 amide bonds. The van der Waals surface area contributed by atoms with Crippen molar-refractivity contribution < 1.29 is 0 Å². The largest absolute Gasteiger partial charge is 0.125 e. The molecule has 0 rings (SSSR count). The molecule has 6 heteroatoms. The van der Waals surface area contributed by atoms with E-state index in [1.165, 1.54) is 0 Å². The molecule has 0 heterocycles. The molecule has 0 spiro atoms. The van der Waals surface area contributed by atoms with Crippen molar-refractivity contribution in [2.45, 2.75) is 20.4 Å². The lowest BCUT2D eigenvalue weighted by molar-refractivity contribution is 0.855. The molecule has 0 aliphatic heterocycles. The van der Waals surface area contributed by atoms with Crippen molar-refractivity contribution in [3.05, 3.63) is 0 Å². The van der Waals surface area contributed by atoms with Crippen LogP contribution in [0, 0.1) is 0 Å². The van der Waals surface area contributed by atoms with E-state index in [4.69, 9.17) is 69.6 Å². The molecule has 0 saturated carbocycles. The minimum atomic E-state index is -0.760. The molecular weight excluding hydrogens is 261 g/mol. The highest BCUT2D eigenvalue weighted by Gasteiger charge is 2.27. The molecule has 0 aromatic carbocycles. The number of alkyl halides is 6. The van der Waals surface area contributed by atoms with Gasteiger partial charge in [-0.25, -0.2) is 0 Å². The summed E-state index contributed by atoms with van der Waals surface area (Å²) in [5, 5.41) is -1.27. The van der Waals surface area contributed by atoms with E-state index in [-0.39, 0.29) is 0 Å². The highest BCUT2D eigenvalue weighted by Crippen LogP contribution is 2.27. The first-order valence-corrected chi connectivity index (χ1v) is 4.93. The van der Waals surface area contributed by atoms with Gasteiger partial charge in [0.15, 0.2) is 0 Å². The van der Waals surface area contributed by atoms with Crippen LogP contribution < -0.4 is 0 Å². The Morgan fingerprint density at radius 2 is 0.700 bits per heavy atom. The Hall–Kier alpha value is 1.74. The van der Waals surface area contributed by atoms with Gasteiger partial charge in [0, 0.05) is 0 Å². The van der Waals surface area contributed by atoms with Crippen LogP contribution in [0.25, 0.3) is 0 Å². The zero-order chi connectivity index (χ0) is 8.31. The second kappa shape index (κ2) is 5.40. The molecular formula is C4H4Cl6.